The first-order valence-electron chi connectivity index (χ1n) is 33.6. The second kappa shape index (κ2) is 42.6. The summed E-state index contributed by atoms with van der Waals surface area (Å²) >= 11 is 23.3. The summed E-state index contributed by atoms with van der Waals surface area (Å²) in [6, 6.07) is 44.5. The van der Waals surface area contributed by atoms with Crippen molar-refractivity contribution < 1.29 is 104 Å². The zero-order valence-corrected chi connectivity index (χ0v) is 68.9. The van der Waals surface area contributed by atoms with Crippen LogP contribution in [0.3, 0.4) is 0 Å². The van der Waals surface area contributed by atoms with Gasteiger partial charge in [0, 0.05) is 149 Å². The molecule has 0 saturated carbocycles. The van der Waals surface area contributed by atoms with Gasteiger partial charge in [0.05, 0.1) is 71.7 Å². The molecule has 574 valence electrons. The van der Waals surface area contributed by atoms with E-state index < -0.39 is 63.1 Å². The molecule has 10 heterocycles. The predicted molar refractivity (Wildman–Crippen MR) is 424 cm³/mol. The Hall–Kier alpha value is -12.4. The second-order valence-corrected chi connectivity index (χ2v) is 25.8. The van der Waals surface area contributed by atoms with E-state index in [9.17, 15) is 52.7 Å². The molecule has 4 aromatic carbocycles. The van der Waals surface area contributed by atoms with E-state index in [1.165, 1.54) is 85.5 Å². The van der Waals surface area contributed by atoms with E-state index in [-0.39, 0.29) is 127 Å². The number of halogens is 4. The average Bonchev–Trinajstić information content (AvgIpc) is 0.822. The van der Waals surface area contributed by atoms with Crippen LogP contribution in [0.25, 0.3) is 37.3 Å². The van der Waals surface area contributed by atoms with Gasteiger partial charge in [-0.05, 0) is 120 Å². The summed E-state index contributed by atoms with van der Waals surface area (Å²) in [7, 11) is 0. The van der Waals surface area contributed by atoms with Gasteiger partial charge in [-0.15, -0.1) is 11.6 Å². The molecule has 0 aliphatic rings. The van der Waals surface area contributed by atoms with Crippen molar-refractivity contribution in [1.29, 1.82) is 0 Å². The SMILES string of the molecule is O=C(NCc1ccc(Cl)cc1)c1ncc2ccc(CCCO)cn2c1=O.O=Cc1ccc2cnc(C(=O)NCc3ccc(Cl)cc3)c(=O)n2c1.[C-]#Cc1ccc2cnc(C(=O)NCc3ccc(Cl)cc3)c(=O)n2c1.[C-]#[N+]c1ccc2cnc(C(=O)NCc3ccc(Cl)cc3)c(=O)n2c1.[C-]#[N+]c1ccc2cnc(C(=O)O)c(=O)n2c1.[Y].[Y]. The maximum Gasteiger partial charge on any atom is 0.360 e. The van der Waals surface area contributed by atoms with Crippen LogP contribution < -0.4 is 49.1 Å². The van der Waals surface area contributed by atoms with Gasteiger partial charge in [0.1, 0.15) is 0 Å². The average molecular weight is 1780 g/mol. The number of nitrogens with one attached hydrogen (secondary N) is 4. The smallest absolute Gasteiger partial charge is 0.360 e. The molecule has 35 heteroatoms. The molecule has 0 spiro atoms. The van der Waals surface area contributed by atoms with Crippen LogP contribution in [-0.4, -0.2) is 99.6 Å². The summed E-state index contributed by atoms with van der Waals surface area (Å²) in [6.45, 7) is 14.9. The van der Waals surface area contributed by atoms with E-state index in [4.69, 9.17) is 76.2 Å². The van der Waals surface area contributed by atoms with Crippen molar-refractivity contribution in [3.63, 3.8) is 0 Å². The molecular weight excluding hydrogens is 1720 g/mol. The van der Waals surface area contributed by atoms with Gasteiger partial charge in [0.25, 0.3) is 51.4 Å². The monoisotopic (exact) mass is 1780 g/mol. The Morgan fingerprint density at radius 3 is 1.00 bits per heavy atom. The molecule has 0 saturated heterocycles. The van der Waals surface area contributed by atoms with Crippen molar-refractivity contribution in [3.05, 3.63) is 388 Å². The van der Waals surface area contributed by atoms with Crippen molar-refractivity contribution in [3.8, 4) is 5.92 Å². The molecule has 0 aliphatic heterocycles. The third-order valence-electron chi connectivity index (χ3n) is 16.4. The van der Waals surface area contributed by atoms with Crippen molar-refractivity contribution in [2.24, 2.45) is 0 Å². The standard InChI is InChI=1S/C19H18ClN3O3.C18H11ClN3O2.C17H11ClN4O2.C17H12ClN3O3.C10H5N3O3.2Y/c20-15-6-3-13(4-7-15)10-22-18(25)17-19(26)23-12-14(2-1-9-24)5-8-16(23)11-21-17;1-2-12-5-8-15-10-20-16(18(24)22(15)11-12)17(23)21-9-13-3-6-14(19)7-4-13;1-19-13-6-7-14-9-20-15(17(24)22(14)10-13)16(23)21-8-11-2-4-12(18)5-3-11;18-13-4-1-11(2-5-13)7-20-16(23)15-17(24)21-9-12(10-22)3-6-14(21)8-19-15;1-11-6-2-3-7-4-12-8(10(15)16)9(14)13(7)5-6;;/h3-8,11-12,24H,1-2,9-10H2,(H,22,25);3-8,10-11H,9H2,(H,21,23);2-7,9-10H,8H2,(H,21,23);1-6,8-10H,7H2,(H,20,23);2-5H,(H,15,16);;/q;-1;;;;;. The predicted octanol–water partition coefficient (Wildman–Crippen LogP) is 10.3. The van der Waals surface area contributed by atoms with Gasteiger partial charge in [-0.1, -0.05) is 125 Å². The Bertz CT molecular complexity index is 6340. The molecule has 4 amide bonds. The number of carboxylic acid groups (broad SMARTS) is 1. The number of carboxylic acids is 1. The number of pyridine rings is 5. The summed E-state index contributed by atoms with van der Waals surface area (Å²) in [6.07, 6.45) is 23.3. The molecule has 14 aromatic rings. The van der Waals surface area contributed by atoms with Gasteiger partial charge < -0.3 is 37.9 Å². The van der Waals surface area contributed by atoms with Crippen LogP contribution >= 0.6 is 46.4 Å². The fraction of sp³-hybridized carbons (Fsp3) is 0.0864. The van der Waals surface area contributed by atoms with Crippen LogP contribution in [-0.2, 0) is 98.0 Å². The number of benzene rings is 4. The van der Waals surface area contributed by atoms with Gasteiger partial charge in [0.15, 0.2) is 29.1 Å². The molecule has 0 aliphatic carbocycles. The molecular formula is C81H57Cl4N16O13Y2-. The van der Waals surface area contributed by atoms with Crippen LogP contribution in [0.15, 0.2) is 244 Å². The number of aliphatic hydroxyl groups is 1. The van der Waals surface area contributed by atoms with E-state index >= 15 is 0 Å². The molecule has 29 nitrogen and oxygen atoms in total. The van der Waals surface area contributed by atoms with Crippen molar-refractivity contribution >= 4 is 121 Å². The minimum atomic E-state index is -1.38. The number of aldehydes is 1. The molecule has 116 heavy (non-hydrogen) atoms. The number of hydrogen-bond donors (Lipinski definition) is 6. The van der Waals surface area contributed by atoms with Crippen LogP contribution in [0.2, 0.25) is 20.1 Å². The summed E-state index contributed by atoms with van der Waals surface area (Å²) < 4.78 is 6.27. The Labute approximate surface area is 727 Å². The Morgan fingerprint density at radius 1 is 0.397 bits per heavy atom. The van der Waals surface area contributed by atoms with Crippen molar-refractivity contribution in [1.82, 2.24) is 68.2 Å². The number of aromatic carboxylic acids is 1. The normalized spacial score (nSPS) is 10.3. The fourth-order valence-corrected chi connectivity index (χ4v) is 11.0. The molecule has 6 N–H and O–H groups in total. The minimum absolute atomic E-state index is 0. The number of carbonyl (C=O) groups is 6. The van der Waals surface area contributed by atoms with E-state index in [2.05, 4.69) is 61.8 Å². The van der Waals surface area contributed by atoms with Crippen molar-refractivity contribution in [2.75, 3.05) is 6.61 Å². The first-order chi connectivity index (χ1) is 54.9. The number of rotatable bonds is 17. The quantitative estimate of drug-likeness (QED) is 0.0280. The molecule has 0 atom stereocenters. The Balaban J connectivity index is 0.000000182. The number of aryl methyl sites for hydroxylation is 1. The number of nitrogens with zero attached hydrogens (tertiary/aromatic N) is 12. The van der Waals surface area contributed by atoms with Gasteiger partial charge in [-0.25, -0.2) is 39.4 Å². The molecule has 14 rings (SSSR count). The number of aromatic nitrogens is 10. The molecule has 0 bridgehead atoms. The van der Waals surface area contributed by atoms with Crippen LogP contribution in [0.5, 0.6) is 0 Å². The Kier molecular flexibility index (Phi) is 32.7. The van der Waals surface area contributed by atoms with Gasteiger partial charge in [0.2, 0.25) is 17.1 Å². The Morgan fingerprint density at radius 2 is 0.681 bits per heavy atom. The summed E-state index contributed by atoms with van der Waals surface area (Å²) in [5, 5.41) is 30.7. The number of fused-ring (bicyclic) bond motifs is 5. The summed E-state index contributed by atoms with van der Waals surface area (Å²) in [5.41, 5.74) is 4.01. The number of hydrogen-bond acceptors (Lipinski definition) is 17. The number of amides is 4. The third kappa shape index (κ3) is 23.4. The minimum Gasteiger partial charge on any atom is -0.476 e. The second-order valence-electron chi connectivity index (χ2n) is 24.1. The van der Waals surface area contributed by atoms with E-state index in [1.807, 2.05) is 6.07 Å². The molecule has 10 aromatic heterocycles. The van der Waals surface area contributed by atoms with Crippen LogP contribution in [0.1, 0.15) is 103 Å². The first kappa shape index (κ1) is 89.1. The number of carbonyl (C=O) groups excluding carboxylic acids is 5. The van der Waals surface area contributed by atoms with E-state index in [0.29, 0.717) is 83.6 Å². The third-order valence-corrected chi connectivity index (χ3v) is 17.4. The van der Waals surface area contributed by atoms with E-state index in [0.717, 1.165) is 32.2 Å². The van der Waals surface area contributed by atoms with Gasteiger partial charge in [-0.3, -0.25) is 75.9 Å². The van der Waals surface area contributed by atoms with Crippen LogP contribution in [0, 0.1) is 25.5 Å². The van der Waals surface area contributed by atoms with Gasteiger partial charge in [-0.2, -0.15) is 0 Å². The number of aliphatic hydroxyl groups excluding tert-OH is 1. The maximum absolute atomic E-state index is 12.6. The largest absolute Gasteiger partial charge is 0.476 e. The van der Waals surface area contributed by atoms with Crippen LogP contribution in [0.4, 0.5) is 11.4 Å². The molecule has 0 unspecified atom stereocenters. The maximum atomic E-state index is 12.6. The zero-order valence-electron chi connectivity index (χ0n) is 60.2. The topological polar surface area (TPSA) is 372 Å². The molecule has 2 radical (unpaired) electrons. The zero-order chi connectivity index (χ0) is 81.5. The summed E-state index contributed by atoms with van der Waals surface area (Å²) in [5.74, 6) is -1.42. The summed E-state index contributed by atoms with van der Waals surface area (Å²) in [4.78, 5) is 158. The van der Waals surface area contributed by atoms with Crippen molar-refractivity contribution in [2.45, 2.75) is 39.0 Å². The van der Waals surface area contributed by atoms with Gasteiger partial charge >= 0.3 is 5.97 Å². The first-order valence-corrected chi connectivity index (χ1v) is 35.1. The molecule has 0 fully saturated rings. The fourth-order valence-electron chi connectivity index (χ4n) is 10.5. The van der Waals surface area contributed by atoms with E-state index in [1.54, 1.807) is 146 Å².